The Kier molecular flexibility index (Phi) is 5.67. The molecule has 0 unspecified atom stereocenters. The Bertz CT molecular complexity index is 930. The number of carbonyl (C=O) groups is 1. The smallest absolute Gasteiger partial charge is 0.274 e. The van der Waals surface area contributed by atoms with Crippen LogP contribution in [0.1, 0.15) is 49.8 Å². The predicted octanol–water partition coefficient (Wildman–Crippen LogP) is 2.66. The number of amides is 1. The average Bonchev–Trinajstić information content (AvgIpc) is 3.04. The zero-order chi connectivity index (χ0) is 19.6. The van der Waals surface area contributed by atoms with Gasteiger partial charge < -0.3 is 4.90 Å². The Balaban J connectivity index is 2.15. The molecule has 1 aliphatic rings. The van der Waals surface area contributed by atoms with Crippen molar-refractivity contribution in [1.29, 1.82) is 0 Å². The van der Waals surface area contributed by atoms with Gasteiger partial charge in [-0.25, -0.2) is 13.4 Å². The second-order valence-corrected chi connectivity index (χ2v) is 8.51. The lowest BCUT2D eigenvalue weighted by Gasteiger charge is -2.22. The van der Waals surface area contributed by atoms with E-state index in [-0.39, 0.29) is 17.3 Å². The third kappa shape index (κ3) is 3.39. The lowest BCUT2D eigenvalue weighted by Crippen LogP contribution is -2.34. The molecule has 146 valence electrons. The van der Waals surface area contributed by atoms with E-state index in [0.717, 1.165) is 12.8 Å². The molecule has 0 fully saturated rings. The minimum Gasteiger partial charge on any atom is -0.337 e. The maximum Gasteiger partial charge on any atom is 0.274 e. The molecule has 0 saturated carbocycles. The van der Waals surface area contributed by atoms with Crippen molar-refractivity contribution >= 4 is 15.9 Å². The Hall–Kier alpha value is -2.19. The fourth-order valence-corrected chi connectivity index (χ4v) is 5.05. The van der Waals surface area contributed by atoms with Gasteiger partial charge in [0.05, 0.1) is 17.9 Å². The van der Waals surface area contributed by atoms with Crippen LogP contribution < -0.4 is 0 Å². The van der Waals surface area contributed by atoms with Gasteiger partial charge in [0.1, 0.15) is 11.2 Å². The molecule has 1 amide bonds. The fourth-order valence-electron chi connectivity index (χ4n) is 3.46. The quantitative estimate of drug-likeness (QED) is 0.760. The van der Waals surface area contributed by atoms with Crippen LogP contribution in [-0.4, -0.2) is 52.7 Å². The highest BCUT2D eigenvalue weighted by atomic mass is 32.2. The predicted molar refractivity (Wildman–Crippen MR) is 103 cm³/mol. The highest BCUT2D eigenvalue weighted by Gasteiger charge is 2.34. The molecule has 27 heavy (non-hydrogen) atoms. The van der Waals surface area contributed by atoms with Gasteiger partial charge in [0.15, 0.2) is 5.69 Å². The molecule has 0 saturated heterocycles. The molecule has 0 atom stereocenters. The maximum atomic E-state index is 13.1. The van der Waals surface area contributed by atoms with E-state index in [1.165, 1.54) is 4.31 Å². The van der Waals surface area contributed by atoms with E-state index in [0.29, 0.717) is 36.7 Å². The molecule has 1 aromatic carbocycles. The Morgan fingerprint density at radius 2 is 1.81 bits per heavy atom. The lowest BCUT2D eigenvalue weighted by atomic mass is 10.2. The number of benzene rings is 1. The highest BCUT2D eigenvalue weighted by Crippen LogP contribution is 2.31. The summed E-state index contributed by atoms with van der Waals surface area (Å²) < 4.78 is 29.2. The van der Waals surface area contributed by atoms with Gasteiger partial charge in [0.25, 0.3) is 5.91 Å². The van der Waals surface area contributed by atoms with Gasteiger partial charge in [-0.05, 0) is 25.0 Å². The van der Waals surface area contributed by atoms with E-state index in [9.17, 15) is 13.2 Å². The summed E-state index contributed by atoms with van der Waals surface area (Å²) in [7, 11) is -3.63. The first kappa shape index (κ1) is 19.6. The summed E-state index contributed by atoms with van der Waals surface area (Å²) in [6.07, 6.45) is 3.28. The van der Waals surface area contributed by atoms with E-state index in [1.54, 1.807) is 47.0 Å². The number of carbonyl (C=O) groups excluding carboxylic acids is 1. The molecule has 0 bridgehead atoms. The van der Waals surface area contributed by atoms with E-state index >= 15 is 0 Å². The summed E-state index contributed by atoms with van der Waals surface area (Å²) in [5.41, 5.74) is 1.49. The third-order valence-electron chi connectivity index (χ3n) is 4.76. The number of rotatable bonds is 6. The Morgan fingerprint density at radius 1 is 1.15 bits per heavy atom. The largest absolute Gasteiger partial charge is 0.337 e. The van der Waals surface area contributed by atoms with Crippen molar-refractivity contribution in [2.75, 3.05) is 19.6 Å². The second-order valence-electron chi connectivity index (χ2n) is 6.60. The SMILES string of the molecule is CCCN(CCC)C(=O)c1ncn2c1CN(CC)S(=O)(=O)c1ccccc1-2. The molecule has 3 rings (SSSR count). The van der Waals surface area contributed by atoms with Crippen LogP contribution in [0.25, 0.3) is 5.69 Å². The second kappa shape index (κ2) is 7.82. The first-order valence-electron chi connectivity index (χ1n) is 9.40. The number of aromatic nitrogens is 2. The summed E-state index contributed by atoms with van der Waals surface area (Å²) >= 11 is 0. The van der Waals surface area contributed by atoms with Crippen LogP contribution in [0.3, 0.4) is 0 Å². The molecule has 0 N–H and O–H groups in total. The van der Waals surface area contributed by atoms with Crippen LogP contribution in [-0.2, 0) is 16.6 Å². The molecule has 1 aromatic heterocycles. The van der Waals surface area contributed by atoms with E-state index in [2.05, 4.69) is 4.98 Å². The minimum absolute atomic E-state index is 0.126. The van der Waals surface area contributed by atoms with Crippen molar-refractivity contribution < 1.29 is 13.2 Å². The van der Waals surface area contributed by atoms with Crippen LogP contribution in [0.15, 0.2) is 35.5 Å². The van der Waals surface area contributed by atoms with Gasteiger partial charge in [-0.15, -0.1) is 0 Å². The maximum absolute atomic E-state index is 13.1. The average molecular weight is 391 g/mol. The molecule has 0 radical (unpaired) electrons. The van der Waals surface area contributed by atoms with Crippen molar-refractivity contribution in [2.24, 2.45) is 0 Å². The summed E-state index contributed by atoms with van der Waals surface area (Å²) in [4.78, 5) is 19.5. The minimum atomic E-state index is -3.63. The Labute approximate surface area is 160 Å². The van der Waals surface area contributed by atoms with Crippen molar-refractivity contribution in [1.82, 2.24) is 18.8 Å². The molecule has 0 spiro atoms. The third-order valence-corrected chi connectivity index (χ3v) is 6.73. The van der Waals surface area contributed by atoms with E-state index in [1.807, 2.05) is 13.8 Å². The van der Waals surface area contributed by atoms with Crippen molar-refractivity contribution in [3.05, 3.63) is 42.0 Å². The van der Waals surface area contributed by atoms with Crippen molar-refractivity contribution in [3.8, 4) is 5.69 Å². The van der Waals surface area contributed by atoms with Gasteiger partial charge in [0, 0.05) is 19.6 Å². The van der Waals surface area contributed by atoms with Gasteiger partial charge in [-0.1, -0.05) is 32.9 Å². The molecular formula is C19H26N4O3S. The van der Waals surface area contributed by atoms with Crippen LogP contribution in [0.4, 0.5) is 0 Å². The standard InChI is InChI=1S/C19H26N4O3S/c1-4-11-21(12-5-2)19(24)18-16-13-22(6-3)27(25,26)17-10-8-7-9-15(17)23(16)14-20-18/h7-10,14H,4-6,11-13H2,1-3H3. The lowest BCUT2D eigenvalue weighted by molar-refractivity contribution is 0.0748. The van der Waals surface area contributed by atoms with Crippen LogP contribution in [0.5, 0.6) is 0 Å². The Morgan fingerprint density at radius 3 is 2.44 bits per heavy atom. The number of sulfonamides is 1. The molecular weight excluding hydrogens is 364 g/mol. The number of para-hydroxylation sites is 1. The summed E-state index contributed by atoms with van der Waals surface area (Å²) in [5, 5.41) is 0. The monoisotopic (exact) mass is 390 g/mol. The molecule has 2 heterocycles. The zero-order valence-electron chi connectivity index (χ0n) is 16.1. The molecule has 0 aliphatic carbocycles. The summed E-state index contributed by atoms with van der Waals surface area (Å²) in [6.45, 7) is 7.63. The van der Waals surface area contributed by atoms with Gasteiger partial charge >= 0.3 is 0 Å². The summed E-state index contributed by atoms with van der Waals surface area (Å²) in [6, 6.07) is 6.86. The number of hydrogen-bond acceptors (Lipinski definition) is 4. The molecule has 7 nitrogen and oxygen atoms in total. The summed E-state index contributed by atoms with van der Waals surface area (Å²) in [5.74, 6) is -0.139. The fraction of sp³-hybridized carbons (Fsp3) is 0.474. The molecule has 2 aromatic rings. The highest BCUT2D eigenvalue weighted by molar-refractivity contribution is 7.89. The normalized spacial score (nSPS) is 15.7. The van der Waals surface area contributed by atoms with Gasteiger partial charge in [-0.2, -0.15) is 4.31 Å². The van der Waals surface area contributed by atoms with Crippen LogP contribution in [0, 0.1) is 0 Å². The van der Waals surface area contributed by atoms with Gasteiger partial charge in [0.2, 0.25) is 10.0 Å². The number of hydrogen-bond donors (Lipinski definition) is 0. The number of imidazole rings is 1. The van der Waals surface area contributed by atoms with Crippen molar-refractivity contribution in [2.45, 2.75) is 45.1 Å². The van der Waals surface area contributed by atoms with Gasteiger partial charge in [-0.3, -0.25) is 9.36 Å². The van der Waals surface area contributed by atoms with Crippen molar-refractivity contribution in [3.63, 3.8) is 0 Å². The number of fused-ring (bicyclic) bond motifs is 3. The van der Waals surface area contributed by atoms with Crippen LogP contribution >= 0.6 is 0 Å². The molecule has 1 aliphatic heterocycles. The van der Waals surface area contributed by atoms with Crippen LogP contribution in [0.2, 0.25) is 0 Å². The topological polar surface area (TPSA) is 75.5 Å². The van der Waals surface area contributed by atoms with E-state index < -0.39 is 10.0 Å². The first-order chi connectivity index (χ1) is 13.0. The number of nitrogens with zero attached hydrogens (tertiary/aromatic N) is 4. The first-order valence-corrected chi connectivity index (χ1v) is 10.8. The zero-order valence-corrected chi connectivity index (χ0v) is 16.9. The van der Waals surface area contributed by atoms with E-state index in [4.69, 9.17) is 0 Å². The molecule has 8 heteroatoms.